The lowest BCUT2D eigenvalue weighted by Gasteiger charge is -2.24. The van der Waals surface area contributed by atoms with Crippen molar-refractivity contribution in [1.82, 2.24) is 15.3 Å². The Morgan fingerprint density at radius 3 is 2.83 bits per heavy atom. The molecule has 1 heterocycles. The molecule has 0 bridgehead atoms. The van der Waals surface area contributed by atoms with Gasteiger partial charge >= 0.3 is 0 Å². The number of para-hydroxylation sites is 1. The molecule has 1 amide bonds. The van der Waals surface area contributed by atoms with Crippen molar-refractivity contribution in [3.63, 3.8) is 0 Å². The number of carbonyl (C=O) groups excluding carboxylic acids is 1. The molecule has 3 N–H and O–H groups in total. The van der Waals surface area contributed by atoms with Crippen LogP contribution in [0.1, 0.15) is 44.9 Å². The SMILES string of the molecule is C[C@@H](SCc1nc(N)c2ccccc2n1)C(=O)NC1CCCCC1. The van der Waals surface area contributed by atoms with Gasteiger partial charge in [-0.05, 0) is 31.9 Å². The second kappa shape index (κ2) is 7.83. The number of carbonyl (C=O) groups is 1. The molecule has 0 aliphatic heterocycles. The predicted molar refractivity (Wildman–Crippen MR) is 99.7 cm³/mol. The van der Waals surface area contributed by atoms with E-state index in [1.807, 2.05) is 31.2 Å². The molecule has 0 unspecified atom stereocenters. The first-order valence-corrected chi connectivity index (χ1v) is 9.61. The van der Waals surface area contributed by atoms with Gasteiger partial charge in [0.25, 0.3) is 0 Å². The number of nitrogens with one attached hydrogen (secondary N) is 1. The summed E-state index contributed by atoms with van der Waals surface area (Å²) in [6.45, 7) is 1.94. The maximum Gasteiger partial charge on any atom is 0.233 e. The molecule has 1 aromatic carbocycles. The third-order valence-corrected chi connectivity index (χ3v) is 5.60. The number of hydrogen-bond acceptors (Lipinski definition) is 5. The van der Waals surface area contributed by atoms with Crippen LogP contribution in [0.25, 0.3) is 10.9 Å². The molecule has 0 radical (unpaired) electrons. The first-order valence-electron chi connectivity index (χ1n) is 8.56. The average molecular weight is 344 g/mol. The minimum atomic E-state index is -0.122. The molecule has 1 aliphatic carbocycles. The Hall–Kier alpha value is -1.82. The molecular formula is C18H24N4OS. The average Bonchev–Trinajstić information content (AvgIpc) is 2.60. The molecule has 1 saturated carbocycles. The summed E-state index contributed by atoms with van der Waals surface area (Å²) in [5.74, 6) is 1.86. The number of rotatable bonds is 5. The molecule has 3 rings (SSSR count). The Morgan fingerprint density at radius 2 is 2.04 bits per heavy atom. The highest BCUT2D eigenvalue weighted by atomic mass is 32.2. The summed E-state index contributed by atoms with van der Waals surface area (Å²) in [5.41, 5.74) is 6.85. The van der Waals surface area contributed by atoms with Crippen LogP contribution < -0.4 is 11.1 Å². The summed E-state index contributed by atoms with van der Waals surface area (Å²) in [7, 11) is 0. The second-order valence-electron chi connectivity index (χ2n) is 6.34. The molecule has 1 aromatic heterocycles. The zero-order chi connectivity index (χ0) is 16.9. The fraction of sp³-hybridized carbons (Fsp3) is 0.500. The van der Waals surface area contributed by atoms with Crippen LogP contribution in [0.5, 0.6) is 0 Å². The van der Waals surface area contributed by atoms with E-state index in [1.54, 1.807) is 11.8 Å². The number of aromatic nitrogens is 2. The molecule has 2 aromatic rings. The summed E-state index contributed by atoms with van der Waals surface area (Å²) >= 11 is 1.55. The first kappa shape index (κ1) is 17.0. The Balaban J connectivity index is 1.57. The van der Waals surface area contributed by atoms with Gasteiger partial charge in [-0.3, -0.25) is 4.79 Å². The molecule has 0 saturated heterocycles. The van der Waals surface area contributed by atoms with Gasteiger partial charge < -0.3 is 11.1 Å². The van der Waals surface area contributed by atoms with Crippen LogP contribution in [0.4, 0.5) is 5.82 Å². The van der Waals surface area contributed by atoms with Crippen LogP contribution in [-0.2, 0) is 10.5 Å². The zero-order valence-corrected chi connectivity index (χ0v) is 14.8. The van der Waals surface area contributed by atoms with Crippen LogP contribution >= 0.6 is 11.8 Å². The number of nitrogen functional groups attached to an aromatic ring is 1. The first-order chi connectivity index (χ1) is 11.6. The highest BCUT2D eigenvalue weighted by Gasteiger charge is 2.20. The van der Waals surface area contributed by atoms with E-state index in [0.29, 0.717) is 23.4 Å². The van der Waals surface area contributed by atoms with Gasteiger partial charge in [-0.25, -0.2) is 9.97 Å². The number of nitrogens with zero attached hydrogens (tertiary/aromatic N) is 2. The highest BCUT2D eigenvalue weighted by molar-refractivity contribution is 7.99. The van der Waals surface area contributed by atoms with Crippen LogP contribution in [0.15, 0.2) is 24.3 Å². The predicted octanol–water partition coefficient (Wildman–Crippen LogP) is 3.28. The Labute approximate surface area is 146 Å². The van der Waals surface area contributed by atoms with Gasteiger partial charge in [0.1, 0.15) is 11.6 Å². The molecule has 5 nitrogen and oxygen atoms in total. The zero-order valence-electron chi connectivity index (χ0n) is 14.0. The van der Waals surface area contributed by atoms with E-state index >= 15 is 0 Å². The minimum Gasteiger partial charge on any atom is -0.383 e. The molecule has 1 aliphatic rings. The monoisotopic (exact) mass is 344 g/mol. The van der Waals surface area contributed by atoms with E-state index in [2.05, 4.69) is 15.3 Å². The summed E-state index contributed by atoms with van der Waals surface area (Å²) < 4.78 is 0. The fourth-order valence-electron chi connectivity index (χ4n) is 3.06. The summed E-state index contributed by atoms with van der Waals surface area (Å²) in [6, 6.07) is 8.06. The molecule has 1 atom stereocenters. The van der Waals surface area contributed by atoms with E-state index in [4.69, 9.17) is 5.73 Å². The molecular weight excluding hydrogens is 320 g/mol. The van der Waals surface area contributed by atoms with E-state index in [9.17, 15) is 4.79 Å². The van der Waals surface area contributed by atoms with Crippen LogP contribution in [0.2, 0.25) is 0 Å². The number of fused-ring (bicyclic) bond motifs is 1. The summed E-state index contributed by atoms with van der Waals surface area (Å²) in [6.07, 6.45) is 5.94. The number of hydrogen-bond donors (Lipinski definition) is 2. The smallest absolute Gasteiger partial charge is 0.233 e. The van der Waals surface area contributed by atoms with Crippen LogP contribution in [0.3, 0.4) is 0 Å². The normalized spacial score (nSPS) is 16.9. The van der Waals surface area contributed by atoms with Gasteiger partial charge in [0, 0.05) is 11.4 Å². The number of amides is 1. The molecule has 1 fully saturated rings. The van der Waals surface area contributed by atoms with Crippen molar-refractivity contribution in [3.8, 4) is 0 Å². The third-order valence-electron chi connectivity index (χ3n) is 4.46. The number of anilines is 1. The van der Waals surface area contributed by atoms with Crippen LogP contribution in [-0.4, -0.2) is 27.2 Å². The fourth-order valence-corrected chi connectivity index (χ4v) is 3.80. The van der Waals surface area contributed by atoms with Gasteiger partial charge in [-0.1, -0.05) is 31.4 Å². The quantitative estimate of drug-likeness (QED) is 0.870. The van der Waals surface area contributed by atoms with Crippen molar-refractivity contribution in [2.75, 3.05) is 5.73 Å². The van der Waals surface area contributed by atoms with Gasteiger partial charge in [0.2, 0.25) is 5.91 Å². The Kier molecular flexibility index (Phi) is 5.56. The largest absolute Gasteiger partial charge is 0.383 e. The van der Waals surface area contributed by atoms with Gasteiger partial charge in [0.05, 0.1) is 16.5 Å². The third kappa shape index (κ3) is 4.17. The highest BCUT2D eigenvalue weighted by Crippen LogP contribution is 2.22. The van der Waals surface area contributed by atoms with Gasteiger partial charge in [0.15, 0.2) is 0 Å². The lowest BCUT2D eigenvalue weighted by atomic mass is 9.95. The van der Waals surface area contributed by atoms with Crippen molar-refractivity contribution in [3.05, 3.63) is 30.1 Å². The van der Waals surface area contributed by atoms with Crippen molar-refractivity contribution in [1.29, 1.82) is 0 Å². The van der Waals surface area contributed by atoms with E-state index in [-0.39, 0.29) is 11.2 Å². The Bertz CT molecular complexity index is 715. The van der Waals surface area contributed by atoms with E-state index in [0.717, 1.165) is 23.7 Å². The second-order valence-corrected chi connectivity index (χ2v) is 7.67. The molecule has 24 heavy (non-hydrogen) atoms. The maximum absolute atomic E-state index is 12.3. The standard InChI is InChI=1S/C18H24N4OS/c1-12(18(23)20-13-7-3-2-4-8-13)24-11-16-21-15-10-6-5-9-14(15)17(19)22-16/h5-6,9-10,12-13H,2-4,7-8,11H2,1H3,(H,20,23)(H2,19,21,22)/t12-/m1/s1. The van der Waals surface area contributed by atoms with Gasteiger partial charge in [-0.15, -0.1) is 11.8 Å². The van der Waals surface area contributed by atoms with Crippen molar-refractivity contribution in [2.24, 2.45) is 0 Å². The van der Waals surface area contributed by atoms with Crippen molar-refractivity contribution in [2.45, 2.75) is 56.1 Å². The van der Waals surface area contributed by atoms with Crippen LogP contribution in [0, 0.1) is 0 Å². The maximum atomic E-state index is 12.3. The lowest BCUT2D eigenvalue weighted by molar-refractivity contribution is -0.121. The molecule has 6 heteroatoms. The summed E-state index contributed by atoms with van der Waals surface area (Å²) in [5, 5.41) is 3.92. The lowest BCUT2D eigenvalue weighted by Crippen LogP contribution is -2.40. The molecule has 128 valence electrons. The number of benzene rings is 1. The minimum absolute atomic E-state index is 0.112. The van der Waals surface area contributed by atoms with E-state index in [1.165, 1.54) is 19.3 Å². The van der Waals surface area contributed by atoms with Crippen molar-refractivity contribution >= 4 is 34.4 Å². The summed E-state index contributed by atoms with van der Waals surface area (Å²) in [4.78, 5) is 21.2. The number of nitrogens with two attached hydrogens (primary N) is 1. The van der Waals surface area contributed by atoms with Gasteiger partial charge in [-0.2, -0.15) is 0 Å². The Morgan fingerprint density at radius 1 is 1.29 bits per heavy atom. The van der Waals surface area contributed by atoms with E-state index < -0.39 is 0 Å². The molecule has 0 spiro atoms. The number of thioether (sulfide) groups is 1. The van der Waals surface area contributed by atoms with Crippen molar-refractivity contribution < 1.29 is 4.79 Å². The topological polar surface area (TPSA) is 80.9 Å².